The largest absolute Gasteiger partial charge is 0.508 e. The molecule has 2 aromatic carbocycles. The van der Waals surface area contributed by atoms with Crippen molar-refractivity contribution in [2.75, 3.05) is 25.5 Å². The van der Waals surface area contributed by atoms with E-state index in [9.17, 15) is 19.1 Å². The predicted molar refractivity (Wildman–Crippen MR) is 127 cm³/mol. The lowest BCUT2D eigenvalue weighted by molar-refractivity contribution is -0.120. The van der Waals surface area contributed by atoms with E-state index in [0.29, 0.717) is 16.6 Å². The number of carbonyl (C=O) groups excluding carboxylic acids is 2. The highest BCUT2D eigenvalue weighted by Crippen LogP contribution is 2.38. The van der Waals surface area contributed by atoms with Crippen LogP contribution in [0.5, 0.6) is 5.75 Å². The number of piperidine rings is 1. The van der Waals surface area contributed by atoms with Crippen LogP contribution in [0, 0.1) is 5.82 Å². The van der Waals surface area contributed by atoms with E-state index in [2.05, 4.69) is 28.3 Å². The zero-order valence-electron chi connectivity index (χ0n) is 18.7. The number of hydrogen-bond acceptors (Lipinski definition) is 6. The number of nitrogens with one attached hydrogen (secondary N) is 1. The van der Waals surface area contributed by atoms with Gasteiger partial charge in [0.15, 0.2) is 5.13 Å². The minimum Gasteiger partial charge on any atom is -0.508 e. The first-order valence-electron chi connectivity index (χ1n) is 11.2. The zero-order chi connectivity index (χ0) is 23.8. The first kappa shape index (κ1) is 22.5. The lowest BCUT2D eigenvalue weighted by atomic mass is 9.88. The molecule has 1 saturated heterocycles. The second kappa shape index (κ2) is 9.15. The molecule has 1 fully saturated rings. The number of likely N-dealkylation sites (tertiary alicyclic amines) is 1. The van der Waals surface area contributed by atoms with Crippen LogP contribution >= 0.6 is 11.3 Å². The predicted octanol–water partition coefficient (Wildman–Crippen LogP) is 4.13. The van der Waals surface area contributed by atoms with E-state index in [1.165, 1.54) is 22.3 Å². The van der Waals surface area contributed by atoms with E-state index in [4.69, 9.17) is 0 Å². The summed E-state index contributed by atoms with van der Waals surface area (Å²) in [7, 11) is 2.11. The van der Waals surface area contributed by atoms with E-state index < -0.39 is 17.8 Å². The van der Waals surface area contributed by atoms with Crippen molar-refractivity contribution in [3.05, 3.63) is 76.0 Å². The van der Waals surface area contributed by atoms with Gasteiger partial charge in [-0.25, -0.2) is 9.37 Å². The van der Waals surface area contributed by atoms with Gasteiger partial charge in [-0.15, -0.1) is 11.3 Å². The molecule has 34 heavy (non-hydrogen) atoms. The van der Waals surface area contributed by atoms with Gasteiger partial charge in [0.1, 0.15) is 17.6 Å². The van der Waals surface area contributed by atoms with E-state index >= 15 is 0 Å². The second-order valence-corrected chi connectivity index (χ2v) is 9.75. The number of aromatic nitrogens is 1. The smallest absolute Gasteiger partial charge is 0.255 e. The molecule has 0 saturated carbocycles. The molecule has 176 valence electrons. The molecular weight excluding hydrogens is 455 g/mol. The molecule has 0 spiro atoms. The Hall–Kier alpha value is -3.30. The number of halogens is 1. The number of rotatable bonds is 5. The molecule has 2 aliphatic rings. The Morgan fingerprint density at radius 1 is 1.24 bits per heavy atom. The van der Waals surface area contributed by atoms with Gasteiger partial charge < -0.3 is 14.9 Å². The quantitative estimate of drug-likeness (QED) is 0.574. The van der Waals surface area contributed by atoms with Gasteiger partial charge in [-0.05, 0) is 74.3 Å². The first-order valence-corrected chi connectivity index (χ1v) is 12.1. The van der Waals surface area contributed by atoms with Gasteiger partial charge in [-0.1, -0.05) is 12.1 Å². The minimum absolute atomic E-state index is 0.0331. The van der Waals surface area contributed by atoms with Gasteiger partial charge in [-0.2, -0.15) is 0 Å². The van der Waals surface area contributed by atoms with Gasteiger partial charge >= 0.3 is 0 Å². The summed E-state index contributed by atoms with van der Waals surface area (Å²) in [5.41, 5.74) is 2.52. The van der Waals surface area contributed by atoms with Crippen LogP contribution in [0.15, 0.2) is 48.0 Å². The van der Waals surface area contributed by atoms with Crippen molar-refractivity contribution < 1.29 is 19.1 Å². The number of anilines is 1. The zero-order valence-corrected chi connectivity index (χ0v) is 19.5. The lowest BCUT2D eigenvalue weighted by Gasteiger charge is -2.29. The molecule has 3 aromatic rings. The maximum atomic E-state index is 14.1. The number of benzene rings is 2. The summed E-state index contributed by atoms with van der Waals surface area (Å²) < 4.78 is 14.1. The minimum atomic E-state index is -1.22. The highest BCUT2D eigenvalue weighted by Gasteiger charge is 2.39. The highest BCUT2D eigenvalue weighted by atomic mass is 32.1. The maximum Gasteiger partial charge on any atom is 0.255 e. The summed E-state index contributed by atoms with van der Waals surface area (Å²) in [5, 5.41) is 15.2. The molecule has 7 nitrogen and oxygen atoms in total. The average Bonchev–Trinajstić information content (AvgIpc) is 3.45. The molecule has 2 aliphatic heterocycles. The fourth-order valence-electron chi connectivity index (χ4n) is 4.80. The first-order chi connectivity index (χ1) is 16.4. The molecule has 2 amide bonds. The molecule has 0 aliphatic carbocycles. The molecule has 0 bridgehead atoms. The van der Waals surface area contributed by atoms with Crippen molar-refractivity contribution in [1.82, 2.24) is 14.8 Å². The van der Waals surface area contributed by atoms with Crippen LogP contribution < -0.4 is 5.32 Å². The van der Waals surface area contributed by atoms with Gasteiger partial charge in [-0.3, -0.25) is 14.9 Å². The molecule has 1 unspecified atom stereocenters. The number of fused-ring (bicyclic) bond motifs is 1. The van der Waals surface area contributed by atoms with E-state index in [1.807, 2.05) is 12.1 Å². The summed E-state index contributed by atoms with van der Waals surface area (Å²) in [6.07, 6.45) is 3.61. The molecular formula is C25H25FN4O3S. The lowest BCUT2D eigenvalue weighted by Crippen LogP contribution is -2.37. The standard InChI is InChI=1S/C25H25FN4O3S/c1-29-9-6-15(7-10-29)16-2-3-17-14-30(24(33)19(17)12-16)22(20-13-18(26)4-5-21(20)31)23(32)28-25-27-8-11-34-25/h2-5,8,11-13,15,22,31H,6-7,9-10,14H2,1H3,(H,27,28,32). The van der Waals surface area contributed by atoms with Crippen LogP contribution in [0.3, 0.4) is 0 Å². The van der Waals surface area contributed by atoms with Gasteiger partial charge in [0.05, 0.1) is 0 Å². The number of amides is 2. The van der Waals surface area contributed by atoms with Gasteiger partial charge in [0.25, 0.3) is 11.8 Å². The number of phenols is 1. The van der Waals surface area contributed by atoms with Crippen LogP contribution in [-0.4, -0.2) is 51.8 Å². The van der Waals surface area contributed by atoms with Crippen molar-refractivity contribution in [3.63, 3.8) is 0 Å². The van der Waals surface area contributed by atoms with Crippen LogP contribution in [0.4, 0.5) is 9.52 Å². The highest BCUT2D eigenvalue weighted by molar-refractivity contribution is 7.13. The SMILES string of the molecule is CN1CCC(c2ccc3c(c2)C(=O)N(C(C(=O)Nc2nccs2)c2cc(F)ccc2O)C3)CC1. The van der Waals surface area contributed by atoms with Crippen LogP contribution in [0.1, 0.15) is 51.8 Å². The molecule has 3 heterocycles. The Bertz CT molecular complexity index is 1220. The molecule has 1 atom stereocenters. The Morgan fingerprint density at radius 3 is 2.76 bits per heavy atom. The molecule has 0 radical (unpaired) electrons. The molecule has 9 heteroatoms. The van der Waals surface area contributed by atoms with Crippen molar-refractivity contribution in [2.45, 2.75) is 31.3 Å². The maximum absolute atomic E-state index is 14.1. The van der Waals surface area contributed by atoms with Gasteiger partial charge in [0.2, 0.25) is 0 Å². The summed E-state index contributed by atoms with van der Waals surface area (Å²) in [5.74, 6) is -1.34. The normalized spacial score (nSPS) is 17.6. The number of carbonyl (C=O) groups is 2. The summed E-state index contributed by atoms with van der Waals surface area (Å²) in [6.45, 7) is 2.22. The molecule has 1 aromatic heterocycles. The number of aromatic hydroxyl groups is 1. The van der Waals surface area contributed by atoms with Gasteiger partial charge in [0, 0.05) is 29.2 Å². The topological polar surface area (TPSA) is 85.8 Å². The van der Waals surface area contributed by atoms with Crippen molar-refractivity contribution in [2.24, 2.45) is 0 Å². The third-order valence-electron chi connectivity index (χ3n) is 6.66. The number of phenolic OH excluding ortho intramolecular Hbond substituents is 1. The molecule has 5 rings (SSSR count). The summed E-state index contributed by atoms with van der Waals surface area (Å²) in [4.78, 5) is 34.6. The molecule has 2 N–H and O–H groups in total. The third kappa shape index (κ3) is 4.28. The van der Waals surface area contributed by atoms with Crippen molar-refractivity contribution >= 4 is 28.3 Å². The number of thiazole rings is 1. The van der Waals surface area contributed by atoms with Crippen LogP contribution in [0.2, 0.25) is 0 Å². The van der Waals surface area contributed by atoms with E-state index in [-0.39, 0.29) is 23.8 Å². The van der Waals surface area contributed by atoms with Crippen molar-refractivity contribution in [3.8, 4) is 5.75 Å². The number of nitrogens with zero attached hydrogens (tertiary/aromatic N) is 3. The van der Waals surface area contributed by atoms with E-state index in [0.717, 1.165) is 49.2 Å². The van der Waals surface area contributed by atoms with E-state index in [1.54, 1.807) is 11.6 Å². The monoisotopic (exact) mass is 480 g/mol. The summed E-state index contributed by atoms with van der Waals surface area (Å²) in [6, 6.07) is 8.14. The Morgan fingerprint density at radius 2 is 2.03 bits per heavy atom. The van der Waals surface area contributed by atoms with Crippen LogP contribution in [0.25, 0.3) is 0 Å². The van der Waals surface area contributed by atoms with Crippen molar-refractivity contribution in [1.29, 1.82) is 0 Å². The second-order valence-electron chi connectivity index (χ2n) is 8.86. The third-order valence-corrected chi connectivity index (χ3v) is 7.35. The number of hydrogen-bond donors (Lipinski definition) is 2. The van der Waals surface area contributed by atoms with Crippen LogP contribution in [-0.2, 0) is 11.3 Å². The summed E-state index contributed by atoms with van der Waals surface area (Å²) >= 11 is 1.23. The fourth-order valence-corrected chi connectivity index (χ4v) is 5.33. The average molecular weight is 481 g/mol. The Balaban J connectivity index is 1.47. The fraction of sp³-hybridized carbons (Fsp3) is 0.320. The Labute approximate surface area is 200 Å². The Kier molecular flexibility index (Phi) is 6.05.